The van der Waals surface area contributed by atoms with Crippen LogP contribution in [0.2, 0.25) is 0 Å². The number of hydrogen-bond donors (Lipinski definition) is 6. The summed E-state index contributed by atoms with van der Waals surface area (Å²) in [5, 5.41) is 3.54. The van der Waals surface area contributed by atoms with Crippen LogP contribution in [0.3, 0.4) is 0 Å². The number of anilines is 6. The molecule has 6 aliphatic heterocycles. The van der Waals surface area contributed by atoms with Crippen molar-refractivity contribution in [3.05, 3.63) is 180 Å². The molecule has 12 aromatic heterocycles. The smallest absolute Gasteiger partial charge is 0.302 e. The summed E-state index contributed by atoms with van der Waals surface area (Å²) >= 11 is 0. The Morgan fingerprint density at radius 2 is 0.536 bits per heavy atom. The van der Waals surface area contributed by atoms with Crippen LogP contribution in [-0.4, -0.2) is 351 Å². The topological polar surface area (TPSA) is 417 Å². The summed E-state index contributed by atoms with van der Waals surface area (Å²) in [6.07, 6.45) is 17.9. The Labute approximate surface area is 842 Å². The summed E-state index contributed by atoms with van der Waals surface area (Å²) in [6, 6.07) is 2.93. The van der Waals surface area contributed by atoms with Crippen molar-refractivity contribution >= 4 is 137 Å². The first-order valence-electron chi connectivity index (χ1n) is 58.0. The Balaban J connectivity index is 0.000000165. The molecule has 12 atom stereocenters. The first kappa shape index (κ1) is 67.5. The summed E-state index contributed by atoms with van der Waals surface area (Å²) in [5.74, 6) is -9.30. The Morgan fingerprint density at radius 3 is 0.833 bits per heavy atom. The number of rotatable bonds is 18. The zero-order valence-corrected chi connectivity index (χ0v) is 75.8. The van der Waals surface area contributed by atoms with Gasteiger partial charge in [0.1, 0.15) is 107 Å². The molecule has 18 rings (SSSR count). The average Bonchev–Trinajstić information content (AvgIpc) is 1.70. The molecule has 0 radical (unpaired) electrons. The molecule has 0 unspecified atom stereocenters. The van der Waals surface area contributed by atoms with Crippen molar-refractivity contribution in [2.75, 3.05) is 189 Å². The summed E-state index contributed by atoms with van der Waals surface area (Å²) < 4.78 is 236. The van der Waals surface area contributed by atoms with Crippen LogP contribution in [-0.2, 0) is 28.8 Å². The third-order valence-electron chi connectivity index (χ3n) is 24.4. The van der Waals surface area contributed by atoms with Gasteiger partial charge in [0, 0.05) is 195 Å². The zero-order valence-electron chi connectivity index (χ0n) is 105. The number of H-pyrrole nitrogens is 6. The Morgan fingerprint density at radius 1 is 0.304 bits per heavy atom. The molecule has 138 heavy (non-hydrogen) atoms. The van der Waals surface area contributed by atoms with Crippen molar-refractivity contribution in [2.24, 2.45) is 35.4 Å². The molecule has 6 aliphatic rings. The molecule has 42 heteroatoms. The Kier molecular flexibility index (Phi) is 22.7. The van der Waals surface area contributed by atoms with E-state index in [-0.39, 0.29) is 160 Å². The summed E-state index contributed by atoms with van der Waals surface area (Å²) in [4.78, 5) is 176. The largest absolute Gasteiger partial charge is 0.354 e. The van der Waals surface area contributed by atoms with Gasteiger partial charge in [0.05, 0.1) is 71.3 Å². The van der Waals surface area contributed by atoms with Gasteiger partial charge in [-0.25, -0.2) is 99.2 Å². The van der Waals surface area contributed by atoms with E-state index >= 15 is 0 Å². The highest BCUT2D eigenvalue weighted by atomic mass is 16.2. The molecule has 720 valence electrons. The van der Waals surface area contributed by atoms with Gasteiger partial charge >= 0.3 is 35.4 Å². The fourth-order valence-electron chi connectivity index (χ4n) is 16.9. The van der Waals surface area contributed by atoms with Gasteiger partial charge in [-0.3, -0.25) is 28.8 Å². The van der Waals surface area contributed by atoms with Crippen LogP contribution in [0.4, 0.5) is 34.9 Å². The number of likely N-dealkylation sites (N-methyl/N-ethyl adjacent to an activating group) is 6. The van der Waals surface area contributed by atoms with Crippen molar-refractivity contribution < 1.29 is 68.5 Å². The van der Waals surface area contributed by atoms with E-state index in [0.29, 0.717) is 97.1 Å². The van der Waals surface area contributed by atoms with Crippen LogP contribution in [0.5, 0.6) is 0 Å². The van der Waals surface area contributed by atoms with E-state index in [4.69, 9.17) is 79.2 Å². The van der Waals surface area contributed by atoms with Crippen molar-refractivity contribution in [3.63, 3.8) is 0 Å². The lowest BCUT2D eigenvalue weighted by Crippen LogP contribution is -2.53. The van der Waals surface area contributed by atoms with Gasteiger partial charge in [-0.1, -0.05) is 41.1 Å². The lowest BCUT2D eigenvalue weighted by atomic mass is 9.92. The monoisotopic (exact) mass is 1900 g/mol. The second kappa shape index (κ2) is 46.5. The quantitative estimate of drug-likeness (QED) is 0.0435. The second-order valence-electron chi connectivity index (χ2n) is 32.6. The predicted molar refractivity (Wildman–Crippen MR) is 527 cm³/mol. The van der Waals surface area contributed by atoms with Crippen molar-refractivity contribution in [2.45, 2.75) is 116 Å². The molecule has 0 aliphatic carbocycles. The zero-order chi connectivity index (χ0) is 123. The van der Waals surface area contributed by atoms with E-state index < -0.39 is 157 Å². The fourth-order valence-corrected chi connectivity index (χ4v) is 16.9. The minimum absolute atomic E-state index is 0.00799. The van der Waals surface area contributed by atoms with Crippen molar-refractivity contribution in [1.82, 2.24) is 119 Å². The lowest BCUT2D eigenvalue weighted by molar-refractivity contribution is -0.131. The average molecular weight is 1900 g/mol. The van der Waals surface area contributed by atoms with E-state index in [1.165, 1.54) is 73.0 Å². The maximum absolute atomic E-state index is 12.3. The van der Waals surface area contributed by atoms with E-state index in [2.05, 4.69) is 119 Å². The standard InChI is InChI=1S/6C16H20N6O/c6*1-11-5-7-22(14(23)8-17-2)9-13(11)21(3)16-12-4-6-18-15(12)19-10-20-16/h6*4,6,10-11,13H,5,7-9H2,1,3H3,(H,18,19,20)/t6*11-,13+/m111111/s1/i1D3,11D,13D;1D3,3D3,11D;1D3,13D;1D3,11D;1D3,3D3;1D3. The van der Waals surface area contributed by atoms with Crippen LogP contribution >= 0.6 is 0 Å². The summed E-state index contributed by atoms with van der Waals surface area (Å²) in [5.41, 5.74) is 3.15. The Bertz CT molecular complexity index is 7790. The van der Waals surface area contributed by atoms with Gasteiger partial charge in [0.25, 0.3) is 39.3 Å². The number of carbonyl (C=O) groups is 6. The molecule has 0 spiro atoms. The van der Waals surface area contributed by atoms with E-state index in [9.17, 15) is 28.8 Å². The number of amides is 6. The molecule has 6 saturated heterocycles. The SMILES string of the molecule is [2H]C([2H])([2H])N(c1ncnc2[nH]ccc12)[C@H]1CN(C(=O)C[N+]#[C-])CC[C@@]1([2H])C([2H])([2H])[2H].[2H]C([2H])([2H])[C@@H]1CCN(C(=O)C[N+]#[C-])C[C@@H]1N(C)c1ncnc2[nH]ccc12.[2H]C([2H])([2H])[C@@H]1CCN(C(=O)C[N+]#[C-])C[C@@H]1N(c1ncnc2[nH]ccc12)C([2H])([2H])[2H].[2H]C([2H])([2H])[C@@H]1CCN(C(=O)C[N+]#[C-])C[C@]1([2H])N(C)c1ncnc2[nH]ccc12.[2H]C([2H])([2H])[C@]1([2H])CCN(C(=O)C[N+]#[C-])C[C@@H]1N(C)c1ncnc2[nH]ccc12.[2H]C([2H])([2H])[C@]1([2H])CCN(C(=O)C[N+]#[C-])C[C@]1([2H])N(C)c1ncnc2[nH]ccc12. The van der Waals surface area contributed by atoms with Crippen molar-refractivity contribution in [1.29, 1.82) is 0 Å². The highest BCUT2D eigenvalue weighted by molar-refractivity contribution is 5.93. The Hall–Kier alpha value is -15.7. The molecule has 6 amide bonds. The number of carbonyl (C=O) groups excluding carboxylic acids is 6. The first-order chi connectivity index (χ1) is 78.2. The van der Waals surface area contributed by atoms with Crippen LogP contribution in [0.1, 0.15) is 119 Å². The number of hydrogen-bond acceptors (Lipinski definition) is 24. The van der Waals surface area contributed by atoms with Crippen molar-refractivity contribution in [3.8, 4) is 0 Å². The summed E-state index contributed by atoms with van der Waals surface area (Å²) in [7, 11) is 6.58. The first-order valence-corrected chi connectivity index (χ1v) is 43.5. The third kappa shape index (κ3) is 23.1. The maximum atomic E-state index is 12.3. The normalized spacial score (nSPS) is 27.7. The van der Waals surface area contributed by atoms with Crippen LogP contribution < -0.4 is 29.4 Å². The molecule has 6 fully saturated rings. The van der Waals surface area contributed by atoms with E-state index in [1.807, 2.05) is 11.0 Å². The van der Waals surface area contributed by atoms with Gasteiger partial charge < -0.3 is 118 Å². The molecular weight excluding hydrogens is 1750 g/mol. The lowest BCUT2D eigenvalue weighted by Gasteiger charge is -2.41. The van der Waals surface area contributed by atoms with E-state index in [1.54, 1.807) is 98.5 Å². The minimum atomic E-state index is -2.85. The number of nitrogens with zero attached hydrogens (tertiary/aromatic N) is 30. The number of fused-ring (bicyclic) bond motifs is 6. The minimum Gasteiger partial charge on any atom is -0.354 e. The highest BCUT2D eigenvalue weighted by Gasteiger charge is 2.41. The van der Waals surface area contributed by atoms with E-state index in [0.717, 1.165) is 21.5 Å². The van der Waals surface area contributed by atoms with Gasteiger partial charge in [-0.2, -0.15) is 0 Å². The van der Waals surface area contributed by atoms with Gasteiger partial charge in [0.2, 0.25) is 0 Å². The molecule has 12 aromatic rings. The molecule has 0 aromatic carbocycles. The highest BCUT2D eigenvalue weighted by Crippen LogP contribution is 2.37. The van der Waals surface area contributed by atoms with Gasteiger partial charge in [0.15, 0.2) is 0 Å². The molecule has 18 heterocycles. The number of likely N-dealkylation sites (tertiary alicyclic amines) is 6. The maximum Gasteiger partial charge on any atom is 0.302 e. The van der Waals surface area contributed by atoms with Gasteiger partial charge in [-0.15, -0.1) is 0 Å². The molecule has 0 saturated carbocycles. The number of aromatic nitrogens is 18. The van der Waals surface area contributed by atoms with Crippen LogP contribution in [0, 0.1) is 74.9 Å². The molecule has 42 nitrogen and oxygen atoms in total. The molecular formula is C96H120N36O6. The fraction of sp³-hybridized carbons (Fsp3) is 0.500. The predicted octanol–water partition coefficient (Wildman–Crippen LogP) is 9.30. The number of piperidine rings is 6. The third-order valence-corrected chi connectivity index (χ3v) is 24.4. The summed E-state index contributed by atoms with van der Waals surface area (Å²) in [6.45, 7) is 19.0. The van der Waals surface area contributed by atoms with Gasteiger partial charge in [-0.05, 0) is 110 Å². The number of nitrogens with one attached hydrogen (secondary N) is 6. The second-order valence-corrected chi connectivity index (χ2v) is 32.6. The molecule has 0 bridgehead atoms. The molecule has 6 N–H and O–H groups in total. The van der Waals surface area contributed by atoms with Crippen LogP contribution in [0.25, 0.3) is 95.3 Å². The van der Waals surface area contributed by atoms with Crippen LogP contribution in [0.15, 0.2) is 112 Å². The number of aromatic amines is 6.